The molecule has 0 N–H and O–H groups in total. The van der Waals surface area contributed by atoms with Crippen molar-refractivity contribution in [3.63, 3.8) is 0 Å². The average Bonchev–Trinajstić information content (AvgIpc) is 3.09. The van der Waals surface area contributed by atoms with Crippen LogP contribution in [-0.2, 0) is 19.4 Å². The number of hydrogen-bond acceptors (Lipinski definition) is 4. The van der Waals surface area contributed by atoms with Crippen molar-refractivity contribution in [1.29, 1.82) is 0 Å². The summed E-state index contributed by atoms with van der Waals surface area (Å²) >= 11 is 1.75. The fraction of sp³-hybridized carbons (Fsp3) is 0.545. The topological polar surface area (TPSA) is 33.2 Å². The van der Waals surface area contributed by atoms with Crippen LogP contribution in [0.3, 0.4) is 0 Å². The van der Waals surface area contributed by atoms with Crippen LogP contribution in [0.4, 0.5) is 0 Å². The van der Waals surface area contributed by atoms with E-state index < -0.39 is 0 Å². The minimum Gasteiger partial charge on any atom is -0.297 e. The molecule has 1 fully saturated rings. The Labute approximate surface area is 161 Å². The van der Waals surface area contributed by atoms with Gasteiger partial charge in [0.1, 0.15) is 0 Å². The van der Waals surface area contributed by atoms with Crippen LogP contribution >= 0.6 is 11.3 Å². The minimum absolute atomic E-state index is 0.170. The number of hydrogen-bond donors (Lipinski definition) is 0. The fourth-order valence-electron chi connectivity index (χ4n) is 3.68. The SMILES string of the molecule is CCc1nc(CN2CCC(C(=O)c3ccc(CC(C)C)cc3)CC2)cs1. The number of aromatic nitrogens is 1. The Morgan fingerprint density at radius 2 is 1.92 bits per heavy atom. The van der Waals surface area contributed by atoms with Crippen molar-refractivity contribution in [2.45, 2.75) is 53.0 Å². The second-order valence-corrected chi connectivity index (χ2v) is 8.74. The molecular formula is C22H30N2OS. The number of piperidine rings is 1. The predicted octanol–water partition coefficient (Wildman–Crippen LogP) is 5.00. The Morgan fingerprint density at radius 3 is 2.50 bits per heavy atom. The van der Waals surface area contributed by atoms with Gasteiger partial charge in [-0.3, -0.25) is 9.69 Å². The molecule has 1 aromatic carbocycles. The van der Waals surface area contributed by atoms with Crippen LogP contribution in [-0.4, -0.2) is 28.8 Å². The zero-order valence-corrected chi connectivity index (χ0v) is 17.0. The molecule has 0 aliphatic carbocycles. The third kappa shape index (κ3) is 5.01. The molecule has 1 saturated heterocycles. The molecule has 0 unspecified atom stereocenters. The summed E-state index contributed by atoms with van der Waals surface area (Å²) in [6, 6.07) is 8.29. The van der Waals surface area contributed by atoms with Gasteiger partial charge in [0.25, 0.3) is 0 Å². The highest BCUT2D eigenvalue weighted by molar-refractivity contribution is 7.09. The van der Waals surface area contributed by atoms with Gasteiger partial charge in [-0.2, -0.15) is 0 Å². The van der Waals surface area contributed by atoms with Crippen molar-refractivity contribution >= 4 is 17.1 Å². The molecule has 0 bridgehead atoms. The van der Waals surface area contributed by atoms with Crippen LogP contribution in [0, 0.1) is 11.8 Å². The molecule has 1 aromatic heterocycles. The first-order valence-corrected chi connectivity index (χ1v) is 10.7. The van der Waals surface area contributed by atoms with E-state index >= 15 is 0 Å². The van der Waals surface area contributed by atoms with Gasteiger partial charge in [-0.15, -0.1) is 11.3 Å². The van der Waals surface area contributed by atoms with Crippen molar-refractivity contribution < 1.29 is 4.79 Å². The van der Waals surface area contributed by atoms with Gasteiger partial charge in [-0.1, -0.05) is 45.0 Å². The highest BCUT2D eigenvalue weighted by atomic mass is 32.1. The Balaban J connectivity index is 1.51. The van der Waals surface area contributed by atoms with E-state index in [1.807, 2.05) is 12.1 Å². The largest absolute Gasteiger partial charge is 0.297 e. The zero-order valence-electron chi connectivity index (χ0n) is 16.2. The van der Waals surface area contributed by atoms with E-state index in [9.17, 15) is 4.79 Å². The number of ketones is 1. The van der Waals surface area contributed by atoms with Gasteiger partial charge in [0, 0.05) is 23.4 Å². The molecule has 2 aromatic rings. The van der Waals surface area contributed by atoms with Crippen LogP contribution in [0.1, 0.15) is 60.2 Å². The second-order valence-electron chi connectivity index (χ2n) is 7.80. The van der Waals surface area contributed by atoms with Crippen molar-refractivity contribution in [2.75, 3.05) is 13.1 Å². The monoisotopic (exact) mass is 370 g/mol. The maximum absolute atomic E-state index is 12.8. The van der Waals surface area contributed by atoms with Crippen molar-refractivity contribution in [1.82, 2.24) is 9.88 Å². The number of nitrogens with zero attached hydrogens (tertiary/aromatic N) is 2. The minimum atomic E-state index is 0.170. The number of thiazole rings is 1. The van der Waals surface area contributed by atoms with Crippen LogP contribution in [0.15, 0.2) is 29.6 Å². The molecule has 1 aliphatic heterocycles. The number of carbonyl (C=O) groups excluding carboxylic acids is 1. The third-order valence-electron chi connectivity index (χ3n) is 5.13. The number of aryl methyl sites for hydroxylation is 1. The number of carbonyl (C=O) groups is 1. The average molecular weight is 371 g/mol. The standard InChI is InChI=1S/C22H30N2OS/c1-4-21-23-20(15-26-21)14-24-11-9-19(10-12-24)22(25)18-7-5-17(6-8-18)13-16(2)3/h5-8,15-16,19H,4,9-14H2,1-3H3. The molecule has 1 aliphatic rings. The van der Waals surface area contributed by atoms with Gasteiger partial charge >= 0.3 is 0 Å². The first-order valence-electron chi connectivity index (χ1n) is 9.84. The van der Waals surface area contributed by atoms with E-state index in [4.69, 9.17) is 0 Å². The molecule has 0 saturated carbocycles. The maximum atomic E-state index is 12.8. The van der Waals surface area contributed by atoms with Crippen molar-refractivity contribution in [3.8, 4) is 0 Å². The Kier molecular flexibility index (Phi) is 6.60. The molecule has 0 spiro atoms. The van der Waals surface area contributed by atoms with Crippen molar-refractivity contribution in [3.05, 3.63) is 51.5 Å². The summed E-state index contributed by atoms with van der Waals surface area (Å²) in [5.74, 6) is 1.14. The van der Waals surface area contributed by atoms with Crippen molar-refractivity contribution in [2.24, 2.45) is 11.8 Å². The fourth-order valence-corrected chi connectivity index (χ4v) is 4.41. The number of rotatable bonds is 7. The molecule has 3 rings (SSSR count). The number of likely N-dealkylation sites (tertiary alicyclic amines) is 1. The second kappa shape index (κ2) is 8.92. The molecule has 140 valence electrons. The molecular weight excluding hydrogens is 340 g/mol. The summed E-state index contributed by atoms with van der Waals surface area (Å²) in [5.41, 5.74) is 3.38. The summed E-state index contributed by atoms with van der Waals surface area (Å²) in [5, 5.41) is 3.39. The lowest BCUT2D eigenvalue weighted by Gasteiger charge is -2.30. The molecule has 4 heteroatoms. The highest BCUT2D eigenvalue weighted by Gasteiger charge is 2.26. The maximum Gasteiger partial charge on any atom is 0.166 e. The highest BCUT2D eigenvalue weighted by Crippen LogP contribution is 2.24. The van der Waals surface area contributed by atoms with E-state index in [1.165, 1.54) is 16.3 Å². The smallest absolute Gasteiger partial charge is 0.166 e. The Bertz CT molecular complexity index is 712. The molecule has 3 nitrogen and oxygen atoms in total. The van der Waals surface area contributed by atoms with E-state index in [1.54, 1.807) is 11.3 Å². The van der Waals surface area contributed by atoms with Gasteiger partial charge in [-0.05, 0) is 50.3 Å². The lowest BCUT2D eigenvalue weighted by atomic mass is 9.88. The van der Waals surface area contributed by atoms with Crippen LogP contribution in [0.25, 0.3) is 0 Å². The lowest BCUT2D eigenvalue weighted by Crippen LogP contribution is -2.36. The first kappa shape index (κ1) is 19.2. The molecule has 0 radical (unpaired) electrons. The van der Waals surface area contributed by atoms with Gasteiger partial charge in [0.2, 0.25) is 0 Å². The summed E-state index contributed by atoms with van der Waals surface area (Å²) < 4.78 is 0. The number of benzene rings is 1. The normalized spacial score (nSPS) is 16.3. The van der Waals surface area contributed by atoms with E-state index in [0.29, 0.717) is 11.7 Å². The molecule has 2 heterocycles. The predicted molar refractivity (Wildman–Crippen MR) is 109 cm³/mol. The van der Waals surface area contributed by atoms with E-state index in [2.05, 4.69) is 48.2 Å². The summed E-state index contributed by atoms with van der Waals surface area (Å²) in [4.78, 5) is 19.9. The van der Waals surface area contributed by atoms with Crippen LogP contribution in [0.5, 0.6) is 0 Å². The summed E-state index contributed by atoms with van der Waals surface area (Å²) in [6.07, 6.45) is 4.00. The van der Waals surface area contributed by atoms with Crippen LogP contribution < -0.4 is 0 Å². The van der Waals surface area contributed by atoms with Gasteiger partial charge < -0.3 is 0 Å². The third-order valence-corrected chi connectivity index (χ3v) is 6.17. The Morgan fingerprint density at radius 1 is 1.23 bits per heavy atom. The quantitative estimate of drug-likeness (QED) is 0.643. The van der Waals surface area contributed by atoms with Crippen LogP contribution in [0.2, 0.25) is 0 Å². The Hall–Kier alpha value is -1.52. The zero-order chi connectivity index (χ0) is 18.5. The van der Waals surface area contributed by atoms with E-state index in [0.717, 1.165) is 50.9 Å². The number of Topliss-reactive ketones (excluding diaryl/α,β-unsaturated/α-hetero) is 1. The van der Waals surface area contributed by atoms with E-state index in [-0.39, 0.29) is 5.92 Å². The summed E-state index contributed by atoms with van der Waals surface area (Å²) in [6.45, 7) is 9.49. The van der Waals surface area contributed by atoms with Gasteiger partial charge in [0.05, 0.1) is 10.7 Å². The molecule has 0 atom stereocenters. The molecule has 0 amide bonds. The first-order chi connectivity index (χ1) is 12.5. The van der Waals surface area contributed by atoms with Gasteiger partial charge in [-0.25, -0.2) is 4.98 Å². The molecule has 26 heavy (non-hydrogen) atoms. The summed E-state index contributed by atoms with van der Waals surface area (Å²) in [7, 11) is 0. The lowest BCUT2D eigenvalue weighted by molar-refractivity contribution is 0.0834. The van der Waals surface area contributed by atoms with Gasteiger partial charge in [0.15, 0.2) is 5.78 Å².